The molecule has 0 saturated carbocycles. The molecule has 0 aliphatic carbocycles. The molecule has 1 fully saturated rings. The summed E-state index contributed by atoms with van der Waals surface area (Å²) in [6.07, 6.45) is 0. The van der Waals surface area contributed by atoms with Crippen molar-refractivity contribution in [1.29, 1.82) is 0 Å². The summed E-state index contributed by atoms with van der Waals surface area (Å²) in [7, 11) is 0. The first-order chi connectivity index (χ1) is 8.78. The molecule has 0 spiro atoms. The highest BCUT2D eigenvalue weighted by Crippen LogP contribution is 2.78. The van der Waals surface area contributed by atoms with Gasteiger partial charge in [-0.25, -0.2) is 0 Å². The van der Waals surface area contributed by atoms with Crippen molar-refractivity contribution < 1.29 is 0 Å². The zero-order valence-corrected chi connectivity index (χ0v) is 13.1. The van der Waals surface area contributed by atoms with Crippen molar-refractivity contribution in [2.75, 3.05) is 5.75 Å². The highest BCUT2D eigenvalue weighted by atomic mass is 33.2. The Morgan fingerprint density at radius 3 is 2.22 bits per heavy atom. The molecule has 0 bridgehead atoms. The van der Waals surface area contributed by atoms with Crippen LogP contribution in [0.5, 0.6) is 0 Å². The van der Waals surface area contributed by atoms with Crippen molar-refractivity contribution in [3.63, 3.8) is 0 Å². The summed E-state index contributed by atoms with van der Waals surface area (Å²) in [5.74, 6) is 1.14. The van der Waals surface area contributed by atoms with Crippen LogP contribution in [-0.2, 0) is 11.8 Å². The van der Waals surface area contributed by atoms with Crippen LogP contribution in [0.4, 0.5) is 0 Å². The average Bonchev–Trinajstić information content (AvgIpc) is 2.85. The van der Waals surface area contributed by atoms with Gasteiger partial charge in [-0.2, -0.15) is 0 Å². The third-order valence-corrected chi connectivity index (χ3v) is 14.2. The normalized spacial score (nSPS) is 27.2. The molecule has 92 valence electrons. The largest absolute Gasteiger partial charge is 0.108 e. The lowest BCUT2D eigenvalue weighted by atomic mass is 10.2. The Balaban J connectivity index is 1.86. The number of benzene rings is 2. The van der Waals surface area contributed by atoms with Gasteiger partial charge in [-0.15, -0.1) is 22.8 Å². The lowest BCUT2D eigenvalue weighted by Crippen LogP contribution is -1.96. The summed E-state index contributed by atoms with van der Waals surface area (Å²) in [4.78, 5) is 0. The maximum atomic E-state index is 5.95. The van der Waals surface area contributed by atoms with Crippen molar-refractivity contribution in [1.82, 2.24) is 0 Å². The molecule has 18 heavy (non-hydrogen) atoms. The highest BCUT2D eigenvalue weighted by molar-refractivity contribution is 9.03. The van der Waals surface area contributed by atoms with Crippen molar-refractivity contribution >= 4 is 44.3 Å². The van der Waals surface area contributed by atoms with Gasteiger partial charge in [0.05, 0.1) is 4.44 Å². The predicted molar refractivity (Wildman–Crippen MR) is 89.6 cm³/mol. The molecule has 2 atom stereocenters. The van der Waals surface area contributed by atoms with Gasteiger partial charge >= 0.3 is 0 Å². The van der Waals surface area contributed by atoms with Crippen molar-refractivity contribution in [3.8, 4) is 0 Å². The molecule has 3 rings (SSSR count). The Labute approximate surface area is 121 Å². The van der Waals surface area contributed by atoms with Gasteiger partial charge in [0.1, 0.15) is 0 Å². The molecule has 0 nitrogen and oxygen atoms in total. The summed E-state index contributed by atoms with van der Waals surface area (Å²) < 4.78 is -1.48. The molecule has 0 amide bonds. The standard InChI is InChI=1S/C14H13PS3/c16-15(13-9-5-2-6-10-13)17-11-14(18-15)12-7-3-1-4-8-12/h1-10,14H,11H2/t14-,15+/m0/s1. The molecule has 1 aliphatic heterocycles. The molecular formula is C14H13PS3. The van der Waals surface area contributed by atoms with E-state index in [1.807, 2.05) is 22.8 Å². The average molecular weight is 308 g/mol. The third-order valence-electron chi connectivity index (χ3n) is 2.91. The summed E-state index contributed by atoms with van der Waals surface area (Å²) >= 11 is 9.95. The topological polar surface area (TPSA) is 0 Å². The third kappa shape index (κ3) is 2.55. The van der Waals surface area contributed by atoms with E-state index in [0.717, 1.165) is 5.75 Å². The molecule has 4 heteroatoms. The van der Waals surface area contributed by atoms with Gasteiger partial charge in [-0.05, 0) is 5.56 Å². The first-order valence-corrected chi connectivity index (χ1v) is 11.7. The zero-order chi connectivity index (χ0) is 12.4. The lowest BCUT2D eigenvalue weighted by Gasteiger charge is -2.14. The molecule has 0 N–H and O–H groups in total. The molecule has 0 unspecified atom stereocenters. The van der Waals surface area contributed by atoms with E-state index in [9.17, 15) is 0 Å². The van der Waals surface area contributed by atoms with Gasteiger partial charge in [0.25, 0.3) is 0 Å². The van der Waals surface area contributed by atoms with E-state index in [2.05, 4.69) is 60.7 Å². The monoisotopic (exact) mass is 308 g/mol. The predicted octanol–water partition coefficient (Wildman–Crippen LogP) is 4.84. The molecular weight excluding hydrogens is 295 g/mol. The van der Waals surface area contributed by atoms with Crippen LogP contribution in [0.15, 0.2) is 60.7 Å². The van der Waals surface area contributed by atoms with E-state index in [1.165, 1.54) is 10.9 Å². The maximum Gasteiger partial charge on any atom is 0.0856 e. The van der Waals surface area contributed by atoms with E-state index in [0.29, 0.717) is 5.25 Å². The Hall–Kier alpha value is -0.210. The summed E-state index contributed by atoms with van der Waals surface area (Å²) in [5, 5.41) is 1.91. The quantitative estimate of drug-likeness (QED) is 0.728. The fourth-order valence-electron chi connectivity index (χ4n) is 1.96. The van der Waals surface area contributed by atoms with Crippen LogP contribution < -0.4 is 5.30 Å². The van der Waals surface area contributed by atoms with Crippen LogP contribution in [0.3, 0.4) is 0 Å². The van der Waals surface area contributed by atoms with Gasteiger partial charge in [0, 0.05) is 16.3 Å². The smallest absolute Gasteiger partial charge is 0.0856 e. The van der Waals surface area contributed by atoms with E-state index in [1.54, 1.807) is 0 Å². The van der Waals surface area contributed by atoms with Crippen LogP contribution in [0.2, 0.25) is 0 Å². The van der Waals surface area contributed by atoms with Crippen LogP contribution >= 0.6 is 27.2 Å². The van der Waals surface area contributed by atoms with Gasteiger partial charge in [0.15, 0.2) is 0 Å². The fourth-order valence-corrected chi connectivity index (χ4v) is 13.3. The summed E-state index contributed by atoms with van der Waals surface area (Å²) in [6.45, 7) is 0. The Morgan fingerprint density at radius 1 is 0.944 bits per heavy atom. The molecule has 0 radical (unpaired) electrons. The van der Waals surface area contributed by atoms with Crippen molar-refractivity contribution in [2.45, 2.75) is 5.25 Å². The fraction of sp³-hybridized carbons (Fsp3) is 0.143. The minimum Gasteiger partial charge on any atom is -0.108 e. The molecule has 1 heterocycles. The van der Waals surface area contributed by atoms with Gasteiger partial charge < -0.3 is 0 Å². The van der Waals surface area contributed by atoms with E-state index < -0.39 is 4.44 Å². The molecule has 1 saturated heterocycles. The van der Waals surface area contributed by atoms with E-state index in [4.69, 9.17) is 11.8 Å². The minimum atomic E-state index is -1.48. The van der Waals surface area contributed by atoms with Crippen LogP contribution in [0.25, 0.3) is 0 Å². The summed E-state index contributed by atoms with van der Waals surface area (Å²) in [5.41, 5.74) is 1.41. The first kappa shape index (κ1) is 12.8. The number of hydrogen-bond acceptors (Lipinski definition) is 3. The molecule has 2 aromatic rings. The lowest BCUT2D eigenvalue weighted by molar-refractivity contribution is 1.13. The summed E-state index contributed by atoms with van der Waals surface area (Å²) in [6, 6.07) is 21.4. The number of hydrogen-bond donors (Lipinski definition) is 0. The van der Waals surface area contributed by atoms with Crippen molar-refractivity contribution in [3.05, 3.63) is 66.2 Å². The second-order valence-corrected chi connectivity index (χ2v) is 15.4. The zero-order valence-electron chi connectivity index (χ0n) is 9.73. The number of rotatable bonds is 2. The first-order valence-electron chi connectivity index (χ1n) is 5.81. The molecule has 1 aliphatic rings. The van der Waals surface area contributed by atoms with Gasteiger partial charge in [-0.1, -0.05) is 72.5 Å². The van der Waals surface area contributed by atoms with Gasteiger partial charge in [0.2, 0.25) is 0 Å². The van der Waals surface area contributed by atoms with Crippen LogP contribution in [-0.4, -0.2) is 5.75 Å². The van der Waals surface area contributed by atoms with Crippen LogP contribution in [0.1, 0.15) is 10.8 Å². The second kappa shape index (κ2) is 5.42. The molecule has 2 aromatic carbocycles. The van der Waals surface area contributed by atoms with Crippen LogP contribution in [0, 0.1) is 0 Å². The highest BCUT2D eigenvalue weighted by Gasteiger charge is 2.34. The van der Waals surface area contributed by atoms with E-state index >= 15 is 0 Å². The second-order valence-electron chi connectivity index (χ2n) is 4.13. The Kier molecular flexibility index (Phi) is 3.86. The minimum absolute atomic E-state index is 0.558. The van der Waals surface area contributed by atoms with Crippen molar-refractivity contribution in [2.24, 2.45) is 0 Å². The maximum absolute atomic E-state index is 5.95. The van der Waals surface area contributed by atoms with E-state index in [-0.39, 0.29) is 0 Å². The van der Waals surface area contributed by atoms with Gasteiger partial charge in [-0.3, -0.25) is 0 Å². The molecule has 0 aromatic heterocycles. The Morgan fingerprint density at radius 2 is 1.56 bits per heavy atom. The Bertz CT molecular complexity index is 568. The SMILES string of the molecule is S=[P@]1(c2ccccc2)SC[C@@H](c2ccccc2)S1.